The molecule has 1 aliphatic carbocycles. The van der Waals surface area contributed by atoms with Gasteiger partial charge < -0.3 is 15.1 Å². The minimum atomic E-state index is 0.405. The van der Waals surface area contributed by atoms with Gasteiger partial charge in [0.25, 0.3) is 0 Å². The van der Waals surface area contributed by atoms with Gasteiger partial charge in [0.2, 0.25) is 0 Å². The van der Waals surface area contributed by atoms with Gasteiger partial charge in [-0.2, -0.15) is 0 Å². The standard InChI is InChI=1S/C14H15N3OS/c15-14(19)12-5-6-16-8-13(12)17(10-3-4-10)9-11-2-1-7-18-11/h1-2,5-8,10H,3-4,9H2,(H2,15,19). The highest BCUT2D eigenvalue weighted by molar-refractivity contribution is 7.80. The van der Waals surface area contributed by atoms with E-state index in [4.69, 9.17) is 22.4 Å². The maximum atomic E-state index is 5.80. The Morgan fingerprint density at radius 1 is 1.47 bits per heavy atom. The molecule has 0 atom stereocenters. The van der Waals surface area contributed by atoms with Gasteiger partial charge in [-0.05, 0) is 31.0 Å². The molecule has 1 fully saturated rings. The number of nitrogens with two attached hydrogens (primary N) is 1. The average molecular weight is 273 g/mol. The van der Waals surface area contributed by atoms with Crippen molar-refractivity contribution < 1.29 is 4.42 Å². The third-order valence-corrected chi connectivity index (χ3v) is 3.49. The molecule has 0 amide bonds. The first kappa shape index (κ1) is 12.2. The average Bonchev–Trinajstić information content (AvgIpc) is 3.13. The fourth-order valence-electron chi connectivity index (χ4n) is 2.19. The zero-order valence-corrected chi connectivity index (χ0v) is 11.3. The highest BCUT2D eigenvalue weighted by atomic mass is 32.1. The van der Waals surface area contributed by atoms with Gasteiger partial charge in [-0.1, -0.05) is 12.2 Å². The molecule has 0 spiro atoms. The summed E-state index contributed by atoms with van der Waals surface area (Å²) in [7, 11) is 0. The predicted octanol–water partition coefficient (Wildman–Crippen LogP) is 2.48. The van der Waals surface area contributed by atoms with Crippen molar-refractivity contribution in [2.24, 2.45) is 5.73 Å². The minimum absolute atomic E-state index is 0.405. The van der Waals surface area contributed by atoms with Crippen molar-refractivity contribution in [3.05, 3.63) is 48.2 Å². The van der Waals surface area contributed by atoms with Gasteiger partial charge in [0.1, 0.15) is 10.7 Å². The molecular formula is C14H15N3OS. The summed E-state index contributed by atoms with van der Waals surface area (Å²) in [5, 5.41) is 0. The molecule has 0 radical (unpaired) electrons. The molecule has 0 aliphatic heterocycles. The third kappa shape index (κ3) is 2.61. The van der Waals surface area contributed by atoms with Crippen molar-refractivity contribution in [2.75, 3.05) is 4.90 Å². The molecule has 5 heteroatoms. The monoisotopic (exact) mass is 273 g/mol. The Morgan fingerprint density at radius 3 is 2.95 bits per heavy atom. The summed E-state index contributed by atoms with van der Waals surface area (Å²) < 4.78 is 5.44. The van der Waals surface area contributed by atoms with Crippen LogP contribution in [0.1, 0.15) is 24.2 Å². The van der Waals surface area contributed by atoms with Crippen molar-refractivity contribution in [3.8, 4) is 0 Å². The third-order valence-electron chi connectivity index (χ3n) is 3.27. The van der Waals surface area contributed by atoms with Crippen LogP contribution in [0.2, 0.25) is 0 Å². The topological polar surface area (TPSA) is 55.3 Å². The number of hydrogen-bond donors (Lipinski definition) is 1. The van der Waals surface area contributed by atoms with Crippen molar-refractivity contribution in [3.63, 3.8) is 0 Å². The molecule has 3 rings (SSSR count). The van der Waals surface area contributed by atoms with Gasteiger partial charge in [0, 0.05) is 17.8 Å². The number of hydrogen-bond acceptors (Lipinski definition) is 4. The Kier molecular flexibility index (Phi) is 3.21. The summed E-state index contributed by atoms with van der Waals surface area (Å²) in [5.74, 6) is 0.935. The predicted molar refractivity (Wildman–Crippen MR) is 78.0 cm³/mol. The quantitative estimate of drug-likeness (QED) is 0.848. The van der Waals surface area contributed by atoms with Crippen LogP contribution in [0.5, 0.6) is 0 Å². The van der Waals surface area contributed by atoms with Crippen LogP contribution in [0, 0.1) is 0 Å². The van der Waals surface area contributed by atoms with Gasteiger partial charge >= 0.3 is 0 Å². The lowest BCUT2D eigenvalue weighted by atomic mass is 10.2. The van der Waals surface area contributed by atoms with Crippen LogP contribution >= 0.6 is 12.2 Å². The van der Waals surface area contributed by atoms with E-state index in [9.17, 15) is 0 Å². The van der Waals surface area contributed by atoms with Crippen LogP contribution in [0.25, 0.3) is 0 Å². The molecule has 0 saturated heterocycles. The van der Waals surface area contributed by atoms with E-state index >= 15 is 0 Å². The van der Waals surface area contributed by atoms with E-state index in [1.54, 1.807) is 12.5 Å². The smallest absolute Gasteiger partial charge is 0.123 e. The molecule has 2 N–H and O–H groups in total. The number of aromatic nitrogens is 1. The van der Waals surface area contributed by atoms with Crippen LogP contribution in [0.4, 0.5) is 5.69 Å². The van der Waals surface area contributed by atoms with Gasteiger partial charge in [0.15, 0.2) is 0 Å². The normalized spacial score (nSPS) is 14.3. The molecule has 19 heavy (non-hydrogen) atoms. The summed E-state index contributed by atoms with van der Waals surface area (Å²) in [6.45, 7) is 0.721. The van der Waals surface area contributed by atoms with E-state index in [1.807, 2.05) is 24.4 Å². The first-order valence-corrected chi connectivity index (χ1v) is 6.69. The first-order chi connectivity index (χ1) is 9.25. The molecule has 2 aromatic heterocycles. The highest BCUT2D eigenvalue weighted by Crippen LogP contribution is 2.34. The van der Waals surface area contributed by atoms with Crippen LogP contribution < -0.4 is 10.6 Å². The maximum Gasteiger partial charge on any atom is 0.123 e. The molecule has 1 aliphatic rings. The van der Waals surface area contributed by atoms with E-state index in [-0.39, 0.29) is 0 Å². The first-order valence-electron chi connectivity index (χ1n) is 6.28. The fraction of sp³-hybridized carbons (Fsp3) is 0.286. The number of thiocarbonyl (C=S) groups is 1. The highest BCUT2D eigenvalue weighted by Gasteiger charge is 2.31. The van der Waals surface area contributed by atoms with Crippen molar-refractivity contribution in [2.45, 2.75) is 25.4 Å². The molecule has 1 saturated carbocycles. The Labute approximate surface area is 117 Å². The van der Waals surface area contributed by atoms with Gasteiger partial charge in [-0.3, -0.25) is 4.98 Å². The fourth-order valence-corrected chi connectivity index (χ4v) is 2.36. The van der Waals surface area contributed by atoms with E-state index in [0.717, 1.165) is 23.6 Å². The van der Waals surface area contributed by atoms with Crippen molar-refractivity contribution >= 4 is 22.9 Å². The van der Waals surface area contributed by atoms with E-state index in [0.29, 0.717) is 11.0 Å². The molecule has 4 nitrogen and oxygen atoms in total. The zero-order valence-electron chi connectivity index (χ0n) is 10.5. The van der Waals surface area contributed by atoms with Gasteiger partial charge in [-0.15, -0.1) is 0 Å². The minimum Gasteiger partial charge on any atom is -0.467 e. The van der Waals surface area contributed by atoms with Gasteiger partial charge in [-0.25, -0.2) is 0 Å². The maximum absolute atomic E-state index is 5.80. The second kappa shape index (κ2) is 5.01. The second-order valence-corrected chi connectivity index (χ2v) is 5.14. The van der Waals surface area contributed by atoms with Crippen LogP contribution in [-0.4, -0.2) is 16.0 Å². The van der Waals surface area contributed by atoms with Gasteiger partial charge in [0.05, 0.1) is 24.7 Å². The second-order valence-electron chi connectivity index (χ2n) is 4.70. The Bertz CT molecular complexity index is 578. The lowest BCUT2D eigenvalue weighted by molar-refractivity contribution is 0.501. The van der Waals surface area contributed by atoms with E-state index in [1.165, 1.54) is 12.8 Å². The van der Waals surface area contributed by atoms with E-state index < -0.39 is 0 Å². The number of rotatable bonds is 5. The molecule has 98 valence electrons. The lowest BCUT2D eigenvalue weighted by Crippen LogP contribution is -2.27. The summed E-state index contributed by atoms with van der Waals surface area (Å²) in [5.41, 5.74) is 7.67. The number of nitrogens with zero attached hydrogens (tertiary/aromatic N) is 2. The molecule has 0 unspecified atom stereocenters. The number of furan rings is 1. The summed E-state index contributed by atoms with van der Waals surface area (Å²) >= 11 is 5.12. The lowest BCUT2D eigenvalue weighted by Gasteiger charge is -2.25. The molecule has 2 aromatic rings. The Morgan fingerprint density at radius 2 is 2.32 bits per heavy atom. The largest absolute Gasteiger partial charge is 0.467 e. The SMILES string of the molecule is NC(=S)c1ccncc1N(Cc1ccco1)C1CC1. The van der Waals surface area contributed by atoms with Crippen molar-refractivity contribution in [1.82, 2.24) is 4.98 Å². The van der Waals surface area contributed by atoms with Crippen LogP contribution in [0.15, 0.2) is 41.3 Å². The van der Waals surface area contributed by atoms with Crippen LogP contribution in [0.3, 0.4) is 0 Å². The van der Waals surface area contributed by atoms with Crippen LogP contribution in [-0.2, 0) is 6.54 Å². The molecule has 0 aromatic carbocycles. The Balaban J connectivity index is 1.94. The number of anilines is 1. The van der Waals surface area contributed by atoms with E-state index in [2.05, 4.69) is 9.88 Å². The van der Waals surface area contributed by atoms with Crippen molar-refractivity contribution in [1.29, 1.82) is 0 Å². The molecular weight excluding hydrogens is 258 g/mol. The number of pyridine rings is 1. The summed E-state index contributed by atoms with van der Waals surface area (Å²) in [6, 6.07) is 6.28. The molecule has 0 bridgehead atoms. The summed E-state index contributed by atoms with van der Waals surface area (Å²) in [6.07, 6.45) is 7.61. The summed E-state index contributed by atoms with van der Waals surface area (Å²) in [4.78, 5) is 6.88. The zero-order chi connectivity index (χ0) is 13.2. The Hall–Kier alpha value is -1.88. The molecule has 2 heterocycles.